The Kier molecular flexibility index (Phi) is 4.36. The summed E-state index contributed by atoms with van der Waals surface area (Å²) in [5, 5.41) is 3.20. The average molecular weight is 326 g/mol. The molecule has 0 bridgehead atoms. The van der Waals surface area contributed by atoms with Crippen LogP contribution in [0.25, 0.3) is 0 Å². The van der Waals surface area contributed by atoms with Gasteiger partial charge in [-0.05, 0) is 43.9 Å². The fourth-order valence-electron chi connectivity index (χ4n) is 3.43. The Morgan fingerprint density at radius 2 is 2.13 bits per heavy atom. The van der Waals surface area contributed by atoms with E-state index >= 15 is 0 Å². The topological polar surface area (TPSA) is 32.3 Å². The van der Waals surface area contributed by atoms with Crippen molar-refractivity contribution in [1.29, 1.82) is 0 Å². The first-order valence-corrected chi connectivity index (χ1v) is 8.03. The lowest BCUT2D eigenvalue weighted by molar-refractivity contribution is -0.137. The standard InChI is InChI=1S/C17H21F3N2O/c1-21-13-6-3-7-22(10-13)16(23)15-9-14(15)11-4-2-5-12(8-11)17(18,19)20/h2,4-5,8,13-15,21H,3,6-7,9-10H2,1H3. The monoisotopic (exact) mass is 326 g/mol. The second-order valence-electron chi connectivity index (χ2n) is 6.48. The minimum atomic E-state index is -4.34. The van der Waals surface area contributed by atoms with Crippen LogP contribution in [-0.4, -0.2) is 37.0 Å². The average Bonchev–Trinajstić information content (AvgIpc) is 3.34. The van der Waals surface area contributed by atoms with Gasteiger partial charge in [0.1, 0.15) is 0 Å². The molecule has 2 aliphatic rings. The predicted molar refractivity (Wildman–Crippen MR) is 81.0 cm³/mol. The van der Waals surface area contributed by atoms with E-state index in [0.717, 1.165) is 25.5 Å². The Balaban J connectivity index is 1.66. The first-order valence-electron chi connectivity index (χ1n) is 8.03. The molecule has 6 heteroatoms. The molecule has 3 unspecified atom stereocenters. The Bertz CT molecular complexity index is 587. The summed E-state index contributed by atoms with van der Waals surface area (Å²) in [7, 11) is 1.89. The van der Waals surface area contributed by atoms with Gasteiger partial charge in [-0.25, -0.2) is 0 Å². The summed E-state index contributed by atoms with van der Waals surface area (Å²) in [5.74, 6) is -0.138. The first-order chi connectivity index (χ1) is 10.9. The number of alkyl halides is 3. The van der Waals surface area contributed by atoms with E-state index in [1.807, 2.05) is 11.9 Å². The molecule has 1 aliphatic carbocycles. The number of amides is 1. The number of rotatable bonds is 3. The maximum atomic E-state index is 12.8. The van der Waals surface area contributed by atoms with Crippen molar-refractivity contribution in [1.82, 2.24) is 10.2 Å². The molecule has 1 saturated carbocycles. The van der Waals surface area contributed by atoms with E-state index in [9.17, 15) is 18.0 Å². The van der Waals surface area contributed by atoms with Crippen LogP contribution in [0.2, 0.25) is 0 Å². The number of nitrogens with one attached hydrogen (secondary N) is 1. The smallest absolute Gasteiger partial charge is 0.341 e. The third-order valence-electron chi connectivity index (χ3n) is 4.89. The highest BCUT2D eigenvalue weighted by atomic mass is 19.4. The zero-order chi connectivity index (χ0) is 16.6. The van der Waals surface area contributed by atoms with Crippen LogP contribution in [0.3, 0.4) is 0 Å². The fraction of sp³-hybridized carbons (Fsp3) is 0.588. The molecule has 23 heavy (non-hydrogen) atoms. The van der Waals surface area contributed by atoms with Crippen molar-refractivity contribution in [2.75, 3.05) is 20.1 Å². The summed E-state index contributed by atoms with van der Waals surface area (Å²) in [5.41, 5.74) is -0.0123. The van der Waals surface area contributed by atoms with Gasteiger partial charge in [-0.1, -0.05) is 18.2 Å². The van der Waals surface area contributed by atoms with Crippen molar-refractivity contribution >= 4 is 5.91 Å². The summed E-state index contributed by atoms with van der Waals surface area (Å²) in [6, 6.07) is 5.70. The van der Waals surface area contributed by atoms with Crippen LogP contribution in [0.5, 0.6) is 0 Å². The highest BCUT2D eigenvalue weighted by molar-refractivity contribution is 5.83. The summed E-state index contributed by atoms with van der Waals surface area (Å²) in [6.45, 7) is 1.45. The van der Waals surface area contributed by atoms with Crippen LogP contribution in [0, 0.1) is 5.92 Å². The number of benzene rings is 1. The maximum Gasteiger partial charge on any atom is 0.416 e. The van der Waals surface area contributed by atoms with E-state index in [0.29, 0.717) is 24.6 Å². The molecule has 1 aromatic rings. The van der Waals surface area contributed by atoms with Crippen molar-refractivity contribution in [3.63, 3.8) is 0 Å². The van der Waals surface area contributed by atoms with Crippen LogP contribution in [0.1, 0.15) is 36.3 Å². The van der Waals surface area contributed by atoms with Crippen molar-refractivity contribution < 1.29 is 18.0 Å². The van der Waals surface area contributed by atoms with Crippen molar-refractivity contribution in [2.45, 2.75) is 37.4 Å². The largest absolute Gasteiger partial charge is 0.416 e. The molecule has 1 saturated heterocycles. The van der Waals surface area contributed by atoms with Gasteiger partial charge in [0.25, 0.3) is 0 Å². The van der Waals surface area contributed by atoms with E-state index < -0.39 is 11.7 Å². The second-order valence-corrected chi connectivity index (χ2v) is 6.48. The quantitative estimate of drug-likeness (QED) is 0.926. The number of likely N-dealkylation sites (tertiary alicyclic amines) is 1. The van der Waals surface area contributed by atoms with E-state index in [2.05, 4.69) is 5.32 Å². The van der Waals surface area contributed by atoms with Crippen LogP contribution >= 0.6 is 0 Å². The van der Waals surface area contributed by atoms with Crippen LogP contribution in [-0.2, 0) is 11.0 Å². The summed E-state index contributed by atoms with van der Waals surface area (Å²) in [4.78, 5) is 14.4. The molecule has 3 rings (SSSR count). The highest BCUT2D eigenvalue weighted by Gasteiger charge is 2.46. The van der Waals surface area contributed by atoms with Gasteiger partial charge in [0, 0.05) is 25.0 Å². The van der Waals surface area contributed by atoms with Gasteiger partial charge in [-0.2, -0.15) is 13.2 Å². The number of carbonyl (C=O) groups excluding carboxylic acids is 1. The minimum absolute atomic E-state index is 0.0697. The third-order valence-corrected chi connectivity index (χ3v) is 4.89. The van der Waals surface area contributed by atoms with Crippen molar-refractivity contribution in [2.24, 2.45) is 5.92 Å². The van der Waals surface area contributed by atoms with Crippen molar-refractivity contribution in [3.8, 4) is 0 Å². The van der Waals surface area contributed by atoms with E-state index in [1.165, 1.54) is 12.1 Å². The summed E-state index contributed by atoms with van der Waals surface area (Å²) in [6.07, 6.45) is -1.65. The lowest BCUT2D eigenvalue weighted by Crippen LogP contribution is -2.47. The van der Waals surface area contributed by atoms with Crippen LogP contribution < -0.4 is 5.32 Å². The Morgan fingerprint density at radius 3 is 2.83 bits per heavy atom. The lowest BCUT2D eigenvalue weighted by atomic mass is 10.0. The van der Waals surface area contributed by atoms with Gasteiger partial charge in [-0.3, -0.25) is 4.79 Å². The van der Waals surface area contributed by atoms with E-state index in [-0.39, 0.29) is 17.7 Å². The third kappa shape index (κ3) is 3.52. The Hall–Kier alpha value is -1.56. The number of piperidine rings is 1. The molecule has 0 radical (unpaired) electrons. The summed E-state index contributed by atoms with van der Waals surface area (Å²) < 4.78 is 38.4. The molecule has 0 aromatic heterocycles. The van der Waals surface area contributed by atoms with Gasteiger partial charge in [-0.15, -0.1) is 0 Å². The number of hydrogen-bond acceptors (Lipinski definition) is 2. The Morgan fingerprint density at radius 1 is 1.35 bits per heavy atom. The molecular formula is C17H21F3N2O. The molecule has 0 spiro atoms. The number of hydrogen-bond donors (Lipinski definition) is 1. The number of carbonyl (C=O) groups is 1. The van der Waals surface area contributed by atoms with Gasteiger partial charge in [0.05, 0.1) is 5.56 Å². The van der Waals surface area contributed by atoms with Crippen LogP contribution in [0.4, 0.5) is 13.2 Å². The molecular weight excluding hydrogens is 305 g/mol. The number of likely N-dealkylation sites (N-methyl/N-ethyl adjacent to an activating group) is 1. The van der Waals surface area contributed by atoms with E-state index in [1.54, 1.807) is 6.07 Å². The number of halogens is 3. The van der Waals surface area contributed by atoms with Gasteiger partial charge in [0.2, 0.25) is 5.91 Å². The molecule has 1 aliphatic heterocycles. The fourth-order valence-corrected chi connectivity index (χ4v) is 3.43. The summed E-state index contributed by atoms with van der Waals surface area (Å²) >= 11 is 0. The highest BCUT2D eigenvalue weighted by Crippen LogP contribution is 2.49. The second kappa shape index (κ2) is 6.15. The normalized spacial score (nSPS) is 27.8. The number of nitrogens with zero attached hydrogens (tertiary/aromatic N) is 1. The minimum Gasteiger partial charge on any atom is -0.341 e. The SMILES string of the molecule is CNC1CCCN(C(=O)C2CC2c2cccc(C(F)(F)F)c2)C1. The predicted octanol–water partition coefficient (Wildman–Crippen LogP) is 3.02. The molecule has 2 fully saturated rings. The zero-order valence-corrected chi connectivity index (χ0v) is 13.1. The molecule has 126 valence electrons. The van der Waals surface area contributed by atoms with Gasteiger partial charge < -0.3 is 10.2 Å². The molecule has 3 nitrogen and oxygen atoms in total. The molecule has 3 atom stereocenters. The molecule has 1 aromatic carbocycles. The molecule has 1 amide bonds. The Labute approximate surface area is 133 Å². The van der Waals surface area contributed by atoms with Gasteiger partial charge >= 0.3 is 6.18 Å². The van der Waals surface area contributed by atoms with Crippen molar-refractivity contribution in [3.05, 3.63) is 35.4 Å². The van der Waals surface area contributed by atoms with Gasteiger partial charge in [0.15, 0.2) is 0 Å². The van der Waals surface area contributed by atoms with E-state index in [4.69, 9.17) is 0 Å². The molecule has 1 N–H and O–H groups in total. The first kappa shape index (κ1) is 16.3. The zero-order valence-electron chi connectivity index (χ0n) is 13.1. The maximum absolute atomic E-state index is 12.8. The molecule has 1 heterocycles. The van der Waals surface area contributed by atoms with Crippen LogP contribution in [0.15, 0.2) is 24.3 Å². The lowest BCUT2D eigenvalue weighted by Gasteiger charge is -2.32.